The molecule has 2 aromatic rings. The monoisotopic (exact) mass is 409 g/mol. The van der Waals surface area contributed by atoms with Crippen molar-refractivity contribution in [2.75, 3.05) is 27.7 Å². The summed E-state index contributed by atoms with van der Waals surface area (Å²) in [5.74, 6) is 0.510. The first-order chi connectivity index (χ1) is 14.4. The van der Waals surface area contributed by atoms with E-state index < -0.39 is 0 Å². The Balaban J connectivity index is 1.77. The second kappa shape index (κ2) is 9.28. The van der Waals surface area contributed by atoms with Gasteiger partial charge in [-0.15, -0.1) is 0 Å². The van der Waals surface area contributed by atoms with Crippen LogP contribution in [-0.2, 0) is 5.41 Å². The molecule has 0 spiro atoms. The minimum Gasteiger partial charge on any atom is -0.497 e. The van der Waals surface area contributed by atoms with Gasteiger partial charge in [0.25, 0.3) is 11.8 Å². The first kappa shape index (κ1) is 21.8. The fourth-order valence-electron chi connectivity index (χ4n) is 4.23. The van der Waals surface area contributed by atoms with Crippen LogP contribution in [0, 0.1) is 6.92 Å². The van der Waals surface area contributed by atoms with Crippen LogP contribution in [0.3, 0.4) is 0 Å². The first-order valence-corrected chi connectivity index (χ1v) is 10.5. The van der Waals surface area contributed by atoms with E-state index >= 15 is 0 Å². The lowest BCUT2D eigenvalue weighted by atomic mass is 9.69. The number of rotatable bonds is 6. The molecule has 0 radical (unpaired) electrons. The third-order valence-corrected chi connectivity index (χ3v) is 6.06. The predicted molar refractivity (Wildman–Crippen MR) is 117 cm³/mol. The van der Waals surface area contributed by atoms with Crippen LogP contribution in [0.1, 0.15) is 64.2 Å². The van der Waals surface area contributed by atoms with Crippen LogP contribution in [0.2, 0.25) is 0 Å². The number of amides is 2. The molecule has 1 saturated carbocycles. The molecule has 0 atom stereocenters. The molecule has 0 unspecified atom stereocenters. The van der Waals surface area contributed by atoms with E-state index in [0.29, 0.717) is 23.5 Å². The molecule has 1 N–H and O–H groups in total. The molecule has 1 aromatic heterocycles. The van der Waals surface area contributed by atoms with Gasteiger partial charge in [-0.05, 0) is 49.6 Å². The number of pyridine rings is 1. The number of hydrogen-bond donors (Lipinski definition) is 1. The van der Waals surface area contributed by atoms with E-state index in [1.165, 1.54) is 16.9 Å². The van der Waals surface area contributed by atoms with Crippen molar-refractivity contribution in [2.24, 2.45) is 0 Å². The Kier molecular flexibility index (Phi) is 6.75. The summed E-state index contributed by atoms with van der Waals surface area (Å²) >= 11 is 0. The molecule has 1 heterocycles. The van der Waals surface area contributed by atoms with Crippen molar-refractivity contribution < 1.29 is 14.3 Å². The Morgan fingerprint density at radius 3 is 2.30 bits per heavy atom. The molecule has 1 aliphatic carbocycles. The summed E-state index contributed by atoms with van der Waals surface area (Å²) in [4.78, 5) is 30.9. The van der Waals surface area contributed by atoms with E-state index in [4.69, 9.17) is 4.74 Å². The van der Waals surface area contributed by atoms with Crippen molar-refractivity contribution >= 4 is 11.8 Å². The van der Waals surface area contributed by atoms with Crippen LogP contribution in [-0.4, -0.2) is 49.4 Å². The van der Waals surface area contributed by atoms with Gasteiger partial charge >= 0.3 is 0 Å². The quantitative estimate of drug-likeness (QED) is 0.789. The minimum atomic E-state index is -0.175. The third-order valence-electron chi connectivity index (χ3n) is 6.06. The van der Waals surface area contributed by atoms with Gasteiger partial charge in [0.1, 0.15) is 11.4 Å². The maximum Gasteiger partial charge on any atom is 0.271 e. The molecule has 1 aromatic carbocycles. The minimum absolute atomic E-state index is 0.0671. The maximum atomic E-state index is 12.9. The Bertz CT molecular complexity index is 900. The van der Waals surface area contributed by atoms with Gasteiger partial charge in [-0.3, -0.25) is 9.59 Å². The van der Waals surface area contributed by atoms with E-state index in [1.807, 2.05) is 12.1 Å². The van der Waals surface area contributed by atoms with Gasteiger partial charge in [0, 0.05) is 26.1 Å². The number of nitrogens with one attached hydrogen (secondary N) is 1. The molecule has 1 fully saturated rings. The molecule has 0 saturated heterocycles. The van der Waals surface area contributed by atoms with E-state index in [2.05, 4.69) is 22.4 Å². The van der Waals surface area contributed by atoms with E-state index in [9.17, 15) is 9.59 Å². The van der Waals surface area contributed by atoms with Gasteiger partial charge < -0.3 is 15.0 Å². The summed E-state index contributed by atoms with van der Waals surface area (Å²) in [5.41, 5.74) is 2.58. The molecule has 1 aliphatic rings. The number of nitrogens with zero attached hydrogens (tertiary/aromatic N) is 2. The van der Waals surface area contributed by atoms with Crippen LogP contribution in [0.15, 0.2) is 36.4 Å². The lowest BCUT2D eigenvalue weighted by Crippen LogP contribution is -2.42. The molecule has 0 bridgehead atoms. The van der Waals surface area contributed by atoms with Crippen LogP contribution in [0.5, 0.6) is 5.75 Å². The van der Waals surface area contributed by atoms with Gasteiger partial charge in [0.05, 0.1) is 18.4 Å². The summed E-state index contributed by atoms with van der Waals surface area (Å²) < 4.78 is 5.30. The molecule has 6 nitrogen and oxygen atoms in total. The number of carbonyl (C=O) groups is 2. The largest absolute Gasteiger partial charge is 0.497 e. The van der Waals surface area contributed by atoms with Crippen LogP contribution in [0.4, 0.5) is 0 Å². The number of benzene rings is 1. The zero-order valence-electron chi connectivity index (χ0n) is 18.3. The van der Waals surface area contributed by atoms with E-state index in [-0.39, 0.29) is 17.2 Å². The van der Waals surface area contributed by atoms with E-state index in [0.717, 1.165) is 31.4 Å². The molecule has 6 heteroatoms. The highest BCUT2D eigenvalue weighted by Crippen LogP contribution is 2.39. The standard InChI is InChI=1S/C24H31N3O3/c1-17-20(12-13-21(26-17)23(29)27(2)3)22(28)25-16-24(14-6-5-7-15-24)18-8-10-19(30-4)11-9-18/h8-13H,5-7,14-16H2,1-4H3,(H,25,28). The summed E-state index contributed by atoms with van der Waals surface area (Å²) in [5, 5.41) is 3.14. The molecule has 30 heavy (non-hydrogen) atoms. The smallest absolute Gasteiger partial charge is 0.271 e. The Morgan fingerprint density at radius 2 is 1.73 bits per heavy atom. The number of carbonyl (C=O) groups excluding carboxylic acids is 2. The summed E-state index contributed by atoms with van der Waals surface area (Å²) in [6.07, 6.45) is 5.64. The van der Waals surface area contributed by atoms with Crippen LogP contribution >= 0.6 is 0 Å². The molecular formula is C24H31N3O3. The van der Waals surface area contributed by atoms with Gasteiger partial charge in [0.15, 0.2) is 0 Å². The molecule has 2 amide bonds. The van der Waals surface area contributed by atoms with Crippen molar-refractivity contribution in [2.45, 2.75) is 44.4 Å². The Labute approximate surface area is 178 Å². The summed E-state index contributed by atoms with van der Waals surface area (Å²) in [7, 11) is 5.03. The van der Waals surface area contributed by atoms with E-state index in [1.54, 1.807) is 40.3 Å². The highest BCUT2D eigenvalue weighted by molar-refractivity contribution is 5.97. The van der Waals surface area contributed by atoms with Crippen molar-refractivity contribution in [3.63, 3.8) is 0 Å². The van der Waals surface area contributed by atoms with Crippen molar-refractivity contribution in [3.05, 3.63) is 58.9 Å². The Hall–Kier alpha value is -2.89. The lowest BCUT2D eigenvalue weighted by Gasteiger charge is -2.38. The highest BCUT2D eigenvalue weighted by Gasteiger charge is 2.34. The normalized spacial score (nSPS) is 15.3. The van der Waals surface area contributed by atoms with Gasteiger partial charge in [0.2, 0.25) is 0 Å². The topological polar surface area (TPSA) is 71.5 Å². The molecule has 160 valence electrons. The van der Waals surface area contributed by atoms with Gasteiger partial charge in [-0.2, -0.15) is 0 Å². The SMILES string of the molecule is COc1ccc(C2(CNC(=O)c3ccc(C(=O)N(C)C)nc3C)CCCCC2)cc1. The first-order valence-electron chi connectivity index (χ1n) is 10.5. The molecule has 3 rings (SSSR count). The number of methoxy groups -OCH3 is 1. The zero-order valence-corrected chi connectivity index (χ0v) is 18.3. The second-order valence-corrected chi connectivity index (χ2v) is 8.28. The number of hydrogen-bond acceptors (Lipinski definition) is 4. The van der Waals surface area contributed by atoms with Crippen molar-refractivity contribution in [1.29, 1.82) is 0 Å². The van der Waals surface area contributed by atoms with Gasteiger partial charge in [-0.25, -0.2) is 4.98 Å². The second-order valence-electron chi connectivity index (χ2n) is 8.28. The summed E-state index contributed by atoms with van der Waals surface area (Å²) in [6, 6.07) is 11.5. The highest BCUT2D eigenvalue weighted by atomic mass is 16.5. The van der Waals surface area contributed by atoms with Crippen molar-refractivity contribution in [3.8, 4) is 5.75 Å². The zero-order chi connectivity index (χ0) is 21.7. The number of ether oxygens (including phenoxy) is 1. The number of aryl methyl sites for hydroxylation is 1. The molecule has 0 aliphatic heterocycles. The van der Waals surface area contributed by atoms with Crippen LogP contribution in [0.25, 0.3) is 0 Å². The fourth-order valence-corrected chi connectivity index (χ4v) is 4.23. The van der Waals surface area contributed by atoms with Crippen LogP contribution < -0.4 is 10.1 Å². The summed E-state index contributed by atoms with van der Waals surface area (Å²) in [6.45, 7) is 2.34. The lowest BCUT2D eigenvalue weighted by molar-refractivity contribution is 0.0820. The fraction of sp³-hybridized carbons (Fsp3) is 0.458. The Morgan fingerprint density at radius 1 is 1.07 bits per heavy atom. The van der Waals surface area contributed by atoms with Gasteiger partial charge in [-0.1, -0.05) is 31.4 Å². The number of aromatic nitrogens is 1. The maximum absolute atomic E-state index is 12.9. The van der Waals surface area contributed by atoms with Crippen molar-refractivity contribution in [1.82, 2.24) is 15.2 Å². The average Bonchev–Trinajstić information content (AvgIpc) is 2.77. The molecular weight excluding hydrogens is 378 g/mol. The average molecular weight is 410 g/mol. The third kappa shape index (κ3) is 4.64. The predicted octanol–water partition coefficient (Wildman–Crippen LogP) is 3.73.